The summed E-state index contributed by atoms with van der Waals surface area (Å²) in [5.74, 6) is 3.12. The molecule has 0 saturated carbocycles. The number of carbonyl (C=O) groups excluding carboxylic acids is 2. The van der Waals surface area contributed by atoms with Gasteiger partial charge in [-0.2, -0.15) is 0 Å². The fourth-order valence-electron chi connectivity index (χ4n) is 2.54. The van der Waals surface area contributed by atoms with E-state index in [9.17, 15) is 9.59 Å². The minimum Gasteiger partial charge on any atom is -0.493 e. The van der Waals surface area contributed by atoms with Gasteiger partial charge >= 0.3 is 0 Å². The lowest BCUT2D eigenvalue weighted by Gasteiger charge is -2.15. The molecule has 0 radical (unpaired) electrons. The molecule has 29 heavy (non-hydrogen) atoms. The van der Waals surface area contributed by atoms with Gasteiger partial charge in [0.25, 0.3) is 0 Å². The van der Waals surface area contributed by atoms with Crippen molar-refractivity contribution in [1.29, 1.82) is 0 Å². The Labute approximate surface area is 171 Å². The van der Waals surface area contributed by atoms with Crippen LogP contribution in [0.4, 0.5) is 5.69 Å². The van der Waals surface area contributed by atoms with Crippen molar-refractivity contribution < 1.29 is 19.1 Å². The molecule has 0 unspecified atom stereocenters. The molecular weight excluding hydrogens is 368 g/mol. The quantitative estimate of drug-likeness (QED) is 0.553. The van der Waals surface area contributed by atoms with Crippen molar-refractivity contribution in [3.8, 4) is 23.8 Å². The van der Waals surface area contributed by atoms with Crippen molar-refractivity contribution in [2.45, 2.75) is 6.92 Å². The third-order valence-electron chi connectivity index (χ3n) is 3.98. The highest BCUT2D eigenvalue weighted by Crippen LogP contribution is 2.28. The van der Waals surface area contributed by atoms with Crippen LogP contribution in [0.3, 0.4) is 0 Å². The first kappa shape index (κ1) is 21.6. The molecule has 0 aliphatic carbocycles. The third kappa shape index (κ3) is 6.43. The van der Waals surface area contributed by atoms with E-state index in [1.54, 1.807) is 56.6 Å². The molecule has 0 fully saturated rings. The molecule has 1 N–H and O–H groups in total. The Hall–Kier alpha value is -3.72. The molecular formula is C23H24N2O4. The van der Waals surface area contributed by atoms with E-state index in [0.29, 0.717) is 29.4 Å². The van der Waals surface area contributed by atoms with Gasteiger partial charge in [-0.15, -0.1) is 6.42 Å². The zero-order chi connectivity index (χ0) is 21.2. The zero-order valence-electron chi connectivity index (χ0n) is 16.8. The Bertz CT molecular complexity index is 944. The summed E-state index contributed by atoms with van der Waals surface area (Å²) in [6.45, 7) is 2.30. The van der Waals surface area contributed by atoms with Crippen LogP contribution in [0.15, 0.2) is 48.5 Å². The van der Waals surface area contributed by atoms with Gasteiger partial charge in [-0.25, -0.2) is 0 Å². The summed E-state index contributed by atoms with van der Waals surface area (Å²) >= 11 is 0. The van der Waals surface area contributed by atoms with Crippen molar-refractivity contribution >= 4 is 23.6 Å². The van der Waals surface area contributed by atoms with E-state index in [4.69, 9.17) is 15.9 Å². The lowest BCUT2D eigenvalue weighted by atomic mass is 10.2. The molecule has 0 aliphatic rings. The minimum atomic E-state index is -0.313. The number of hydrogen-bond acceptors (Lipinski definition) is 4. The Morgan fingerprint density at radius 3 is 2.69 bits per heavy atom. The van der Waals surface area contributed by atoms with Crippen LogP contribution in [0.5, 0.6) is 11.5 Å². The fraction of sp³-hybridized carbons (Fsp3) is 0.217. The van der Waals surface area contributed by atoms with Gasteiger partial charge in [-0.3, -0.25) is 9.59 Å². The van der Waals surface area contributed by atoms with Crippen LogP contribution in [0.25, 0.3) is 6.08 Å². The maximum Gasteiger partial charge on any atom is 0.246 e. The standard InChI is InChI=1S/C23H24N2O4/c1-5-17-8-7-9-19(14-17)24-22(26)16-25(3)23(27)13-11-18-10-12-20(28-4)21(15-18)29-6-2/h1,7-15H,6,16H2,2-4H3,(H,24,26)/b13-11+. The van der Waals surface area contributed by atoms with Gasteiger partial charge in [-0.05, 0) is 48.9 Å². The first-order chi connectivity index (χ1) is 14.0. The fourth-order valence-corrected chi connectivity index (χ4v) is 2.54. The van der Waals surface area contributed by atoms with E-state index in [-0.39, 0.29) is 18.4 Å². The van der Waals surface area contributed by atoms with Gasteiger partial charge in [0.05, 0.1) is 20.3 Å². The molecule has 0 bridgehead atoms. The highest BCUT2D eigenvalue weighted by Gasteiger charge is 2.11. The van der Waals surface area contributed by atoms with Crippen LogP contribution < -0.4 is 14.8 Å². The van der Waals surface area contributed by atoms with Gasteiger partial charge < -0.3 is 19.7 Å². The summed E-state index contributed by atoms with van der Waals surface area (Å²) < 4.78 is 10.8. The number of anilines is 1. The summed E-state index contributed by atoms with van der Waals surface area (Å²) in [5.41, 5.74) is 2.04. The smallest absolute Gasteiger partial charge is 0.246 e. The number of terminal acetylenes is 1. The number of amides is 2. The van der Waals surface area contributed by atoms with Crippen molar-refractivity contribution in [1.82, 2.24) is 4.90 Å². The van der Waals surface area contributed by atoms with Crippen molar-refractivity contribution in [2.24, 2.45) is 0 Å². The number of nitrogens with zero attached hydrogens (tertiary/aromatic N) is 1. The summed E-state index contributed by atoms with van der Waals surface area (Å²) in [6, 6.07) is 12.3. The van der Waals surface area contributed by atoms with E-state index in [1.807, 2.05) is 13.0 Å². The molecule has 0 atom stereocenters. The van der Waals surface area contributed by atoms with E-state index < -0.39 is 0 Å². The number of hydrogen-bond donors (Lipinski definition) is 1. The summed E-state index contributed by atoms with van der Waals surface area (Å²) in [5, 5.41) is 2.73. The number of likely N-dealkylation sites (N-methyl/N-ethyl adjacent to an activating group) is 1. The third-order valence-corrected chi connectivity index (χ3v) is 3.98. The lowest BCUT2D eigenvalue weighted by Crippen LogP contribution is -2.33. The predicted molar refractivity (Wildman–Crippen MR) is 114 cm³/mol. The summed E-state index contributed by atoms with van der Waals surface area (Å²) in [6.07, 6.45) is 8.42. The molecule has 2 aromatic rings. The normalized spacial score (nSPS) is 10.3. The van der Waals surface area contributed by atoms with Gasteiger partial charge in [0.1, 0.15) is 0 Å². The zero-order valence-corrected chi connectivity index (χ0v) is 16.8. The molecule has 6 heteroatoms. The predicted octanol–water partition coefficient (Wildman–Crippen LogP) is 3.19. The molecule has 0 spiro atoms. The molecule has 6 nitrogen and oxygen atoms in total. The highest BCUT2D eigenvalue weighted by atomic mass is 16.5. The second-order valence-electron chi connectivity index (χ2n) is 6.14. The average molecular weight is 392 g/mol. The SMILES string of the molecule is C#Cc1cccc(NC(=O)CN(C)C(=O)/C=C/c2ccc(OC)c(OCC)c2)c1. The second-order valence-corrected chi connectivity index (χ2v) is 6.14. The van der Waals surface area contributed by atoms with Crippen LogP contribution in [-0.4, -0.2) is 44.0 Å². The first-order valence-corrected chi connectivity index (χ1v) is 9.07. The van der Waals surface area contributed by atoms with Crippen molar-refractivity contribution in [3.63, 3.8) is 0 Å². The summed E-state index contributed by atoms with van der Waals surface area (Å²) in [4.78, 5) is 25.8. The van der Waals surface area contributed by atoms with Crippen LogP contribution >= 0.6 is 0 Å². The van der Waals surface area contributed by atoms with E-state index in [1.165, 1.54) is 11.0 Å². The molecule has 0 saturated heterocycles. The molecule has 150 valence electrons. The average Bonchev–Trinajstić information content (AvgIpc) is 2.72. The van der Waals surface area contributed by atoms with Crippen LogP contribution in [0, 0.1) is 12.3 Å². The van der Waals surface area contributed by atoms with Crippen LogP contribution in [-0.2, 0) is 9.59 Å². The highest BCUT2D eigenvalue weighted by molar-refractivity contribution is 5.98. The van der Waals surface area contributed by atoms with Gasteiger partial charge in [0.2, 0.25) is 11.8 Å². The number of carbonyl (C=O) groups is 2. The maximum atomic E-state index is 12.3. The lowest BCUT2D eigenvalue weighted by molar-refractivity contribution is -0.129. The van der Waals surface area contributed by atoms with Crippen molar-refractivity contribution in [3.05, 3.63) is 59.7 Å². The van der Waals surface area contributed by atoms with Gasteiger partial charge in [0, 0.05) is 24.4 Å². The van der Waals surface area contributed by atoms with Gasteiger partial charge in [-0.1, -0.05) is 18.1 Å². The van der Waals surface area contributed by atoms with E-state index in [0.717, 1.165) is 5.56 Å². The molecule has 0 heterocycles. The molecule has 0 aliphatic heterocycles. The van der Waals surface area contributed by atoms with Gasteiger partial charge in [0.15, 0.2) is 11.5 Å². The van der Waals surface area contributed by atoms with E-state index in [2.05, 4.69) is 11.2 Å². The maximum absolute atomic E-state index is 12.3. The number of methoxy groups -OCH3 is 1. The molecule has 0 aromatic heterocycles. The number of nitrogens with one attached hydrogen (secondary N) is 1. The molecule has 2 aromatic carbocycles. The topological polar surface area (TPSA) is 67.9 Å². The minimum absolute atomic E-state index is 0.0870. The number of benzene rings is 2. The Morgan fingerprint density at radius 1 is 1.21 bits per heavy atom. The Balaban J connectivity index is 1.96. The monoisotopic (exact) mass is 392 g/mol. The van der Waals surface area contributed by atoms with E-state index >= 15 is 0 Å². The summed E-state index contributed by atoms with van der Waals surface area (Å²) in [7, 11) is 3.13. The van der Waals surface area contributed by atoms with Crippen LogP contribution in [0.2, 0.25) is 0 Å². The number of rotatable bonds is 8. The molecule has 2 rings (SSSR count). The molecule has 2 amide bonds. The largest absolute Gasteiger partial charge is 0.493 e. The Morgan fingerprint density at radius 2 is 2.00 bits per heavy atom. The van der Waals surface area contributed by atoms with Crippen molar-refractivity contribution in [2.75, 3.05) is 32.6 Å². The van der Waals surface area contributed by atoms with Crippen LogP contribution in [0.1, 0.15) is 18.1 Å². The second kappa shape index (κ2) is 10.6. The Kier molecular flexibility index (Phi) is 7.87. The number of ether oxygens (including phenoxy) is 2. The first-order valence-electron chi connectivity index (χ1n) is 9.07.